The first-order valence-corrected chi connectivity index (χ1v) is 7.47. The van der Waals surface area contributed by atoms with E-state index in [2.05, 4.69) is 10.6 Å². The predicted molar refractivity (Wildman–Crippen MR) is 88.6 cm³/mol. The van der Waals surface area contributed by atoms with Crippen LogP contribution in [0.25, 0.3) is 6.08 Å². The van der Waals surface area contributed by atoms with Crippen LogP contribution in [0.3, 0.4) is 0 Å². The average Bonchev–Trinajstić information content (AvgIpc) is 2.43. The second-order valence-corrected chi connectivity index (χ2v) is 5.61. The van der Waals surface area contributed by atoms with E-state index in [9.17, 15) is 9.90 Å². The van der Waals surface area contributed by atoms with Gasteiger partial charge in [0.05, 0.1) is 0 Å². The molecule has 0 saturated carbocycles. The molecule has 0 bridgehead atoms. The molecule has 122 valence electrons. The SMILES string of the molecule is CC(=O)NC(C)=Cc1ccc(OCC(O)CNC(C)C)cc1. The Bertz CT molecular complexity index is 495. The fraction of sp³-hybridized carbons (Fsp3) is 0.471. The molecule has 1 unspecified atom stereocenters. The molecule has 1 amide bonds. The molecule has 0 heterocycles. The van der Waals surface area contributed by atoms with E-state index in [1.54, 1.807) is 0 Å². The summed E-state index contributed by atoms with van der Waals surface area (Å²) in [6, 6.07) is 7.83. The van der Waals surface area contributed by atoms with Crippen LogP contribution in [0.15, 0.2) is 30.0 Å². The molecule has 5 heteroatoms. The standard InChI is InChI=1S/C17H26N2O3/c1-12(2)18-10-16(21)11-22-17-7-5-15(6-8-17)9-13(3)19-14(4)20/h5-9,12,16,18,21H,10-11H2,1-4H3,(H,19,20). The maximum absolute atomic E-state index is 10.9. The highest BCUT2D eigenvalue weighted by atomic mass is 16.5. The Labute approximate surface area is 132 Å². The Kier molecular flexibility index (Phi) is 7.63. The lowest BCUT2D eigenvalue weighted by Gasteiger charge is -2.15. The molecule has 0 aliphatic heterocycles. The molecule has 0 radical (unpaired) electrons. The quantitative estimate of drug-likeness (QED) is 0.686. The van der Waals surface area contributed by atoms with Crippen LogP contribution in [0, 0.1) is 0 Å². The maximum atomic E-state index is 10.9. The molecule has 3 N–H and O–H groups in total. The van der Waals surface area contributed by atoms with Gasteiger partial charge in [-0.2, -0.15) is 0 Å². The molecule has 0 saturated heterocycles. The monoisotopic (exact) mass is 306 g/mol. The zero-order valence-corrected chi connectivity index (χ0v) is 13.7. The highest BCUT2D eigenvalue weighted by molar-refractivity contribution is 5.76. The minimum Gasteiger partial charge on any atom is -0.491 e. The Balaban J connectivity index is 2.46. The number of hydrogen-bond acceptors (Lipinski definition) is 4. The van der Waals surface area contributed by atoms with Gasteiger partial charge in [-0.1, -0.05) is 26.0 Å². The van der Waals surface area contributed by atoms with Crippen molar-refractivity contribution in [2.75, 3.05) is 13.2 Å². The molecule has 0 aliphatic rings. The van der Waals surface area contributed by atoms with Crippen molar-refractivity contribution in [1.82, 2.24) is 10.6 Å². The van der Waals surface area contributed by atoms with E-state index < -0.39 is 6.10 Å². The summed E-state index contributed by atoms with van der Waals surface area (Å²) in [4.78, 5) is 10.9. The molecule has 0 fully saturated rings. The molecular formula is C17H26N2O3. The van der Waals surface area contributed by atoms with Gasteiger partial charge in [-0.3, -0.25) is 4.79 Å². The highest BCUT2D eigenvalue weighted by Gasteiger charge is 2.05. The summed E-state index contributed by atoms with van der Waals surface area (Å²) in [6.45, 7) is 8.14. The molecule has 1 atom stereocenters. The van der Waals surface area contributed by atoms with Crippen molar-refractivity contribution < 1.29 is 14.6 Å². The van der Waals surface area contributed by atoms with Gasteiger partial charge in [0.25, 0.3) is 0 Å². The number of allylic oxidation sites excluding steroid dienone is 1. The van der Waals surface area contributed by atoms with Gasteiger partial charge < -0.3 is 20.5 Å². The summed E-state index contributed by atoms with van der Waals surface area (Å²) in [6.07, 6.45) is 1.34. The second kappa shape index (κ2) is 9.23. The minimum absolute atomic E-state index is 0.0855. The molecule has 22 heavy (non-hydrogen) atoms. The van der Waals surface area contributed by atoms with Crippen molar-refractivity contribution in [1.29, 1.82) is 0 Å². The summed E-state index contributed by atoms with van der Waals surface area (Å²) >= 11 is 0. The van der Waals surface area contributed by atoms with E-state index in [1.165, 1.54) is 6.92 Å². The van der Waals surface area contributed by atoms with E-state index in [0.717, 1.165) is 11.3 Å². The Hall–Kier alpha value is -1.85. The van der Waals surface area contributed by atoms with Gasteiger partial charge in [0.15, 0.2) is 0 Å². The van der Waals surface area contributed by atoms with E-state index in [1.807, 2.05) is 51.1 Å². The summed E-state index contributed by atoms with van der Waals surface area (Å²) in [5.74, 6) is 0.621. The van der Waals surface area contributed by atoms with Gasteiger partial charge in [-0.15, -0.1) is 0 Å². The number of ether oxygens (including phenoxy) is 1. The third kappa shape index (κ3) is 7.81. The lowest BCUT2D eigenvalue weighted by molar-refractivity contribution is -0.118. The second-order valence-electron chi connectivity index (χ2n) is 5.61. The van der Waals surface area contributed by atoms with Gasteiger partial charge in [0, 0.05) is 25.2 Å². The van der Waals surface area contributed by atoms with Crippen molar-refractivity contribution in [3.05, 3.63) is 35.5 Å². The topological polar surface area (TPSA) is 70.6 Å². The third-order valence-electron chi connectivity index (χ3n) is 2.84. The van der Waals surface area contributed by atoms with Crippen molar-refractivity contribution in [2.24, 2.45) is 0 Å². The zero-order valence-electron chi connectivity index (χ0n) is 13.7. The molecular weight excluding hydrogens is 280 g/mol. The van der Waals surface area contributed by atoms with Gasteiger partial charge >= 0.3 is 0 Å². The normalized spacial score (nSPS) is 13.1. The van der Waals surface area contributed by atoms with Gasteiger partial charge in [0.2, 0.25) is 5.91 Å². The van der Waals surface area contributed by atoms with Crippen LogP contribution in [-0.4, -0.2) is 36.3 Å². The van der Waals surface area contributed by atoms with Gasteiger partial charge in [0.1, 0.15) is 18.5 Å². The molecule has 5 nitrogen and oxygen atoms in total. The van der Waals surface area contributed by atoms with Gasteiger partial charge in [-0.05, 0) is 30.7 Å². The Morgan fingerprint density at radius 2 is 1.91 bits per heavy atom. The van der Waals surface area contributed by atoms with Gasteiger partial charge in [-0.25, -0.2) is 0 Å². The van der Waals surface area contributed by atoms with Crippen LogP contribution in [0.4, 0.5) is 0 Å². The Morgan fingerprint density at radius 1 is 1.27 bits per heavy atom. The van der Waals surface area contributed by atoms with Crippen LogP contribution in [-0.2, 0) is 4.79 Å². The van der Waals surface area contributed by atoms with E-state index in [4.69, 9.17) is 4.74 Å². The molecule has 1 rings (SSSR count). The average molecular weight is 306 g/mol. The van der Waals surface area contributed by atoms with Crippen molar-refractivity contribution in [2.45, 2.75) is 39.8 Å². The first-order valence-electron chi connectivity index (χ1n) is 7.47. The lowest BCUT2D eigenvalue weighted by Crippen LogP contribution is -2.35. The smallest absolute Gasteiger partial charge is 0.220 e. The van der Waals surface area contributed by atoms with Crippen molar-refractivity contribution in [3.8, 4) is 5.75 Å². The number of aliphatic hydroxyl groups is 1. The summed E-state index contributed by atoms with van der Waals surface area (Å²) in [5, 5.41) is 15.7. The largest absolute Gasteiger partial charge is 0.491 e. The number of nitrogens with one attached hydrogen (secondary N) is 2. The predicted octanol–water partition coefficient (Wildman–Crippen LogP) is 1.92. The lowest BCUT2D eigenvalue weighted by atomic mass is 10.2. The zero-order chi connectivity index (χ0) is 16.5. The first-order chi connectivity index (χ1) is 10.4. The number of rotatable bonds is 8. The van der Waals surface area contributed by atoms with Crippen LogP contribution >= 0.6 is 0 Å². The van der Waals surface area contributed by atoms with E-state index in [0.29, 0.717) is 18.3 Å². The first kappa shape index (κ1) is 18.2. The number of hydrogen-bond donors (Lipinski definition) is 3. The van der Waals surface area contributed by atoms with Crippen LogP contribution in [0.2, 0.25) is 0 Å². The number of amides is 1. The highest BCUT2D eigenvalue weighted by Crippen LogP contribution is 2.14. The maximum Gasteiger partial charge on any atom is 0.220 e. The van der Waals surface area contributed by atoms with Crippen LogP contribution in [0.5, 0.6) is 5.75 Å². The van der Waals surface area contributed by atoms with Crippen molar-refractivity contribution in [3.63, 3.8) is 0 Å². The fourth-order valence-electron chi connectivity index (χ4n) is 1.85. The molecule has 0 aliphatic carbocycles. The number of aliphatic hydroxyl groups excluding tert-OH is 1. The molecule has 1 aromatic carbocycles. The summed E-state index contributed by atoms with van der Waals surface area (Å²) in [7, 11) is 0. The molecule has 0 aromatic heterocycles. The van der Waals surface area contributed by atoms with Crippen molar-refractivity contribution >= 4 is 12.0 Å². The minimum atomic E-state index is -0.538. The Morgan fingerprint density at radius 3 is 2.45 bits per heavy atom. The van der Waals surface area contributed by atoms with E-state index >= 15 is 0 Å². The molecule has 0 spiro atoms. The number of carbonyl (C=O) groups excluding carboxylic acids is 1. The number of benzene rings is 1. The van der Waals surface area contributed by atoms with Crippen LogP contribution < -0.4 is 15.4 Å². The van der Waals surface area contributed by atoms with E-state index in [-0.39, 0.29) is 12.5 Å². The third-order valence-corrected chi connectivity index (χ3v) is 2.84. The molecule has 1 aromatic rings. The van der Waals surface area contributed by atoms with Crippen LogP contribution in [0.1, 0.15) is 33.3 Å². The summed E-state index contributed by atoms with van der Waals surface area (Å²) < 4.78 is 5.54. The number of carbonyl (C=O) groups is 1. The fourth-order valence-corrected chi connectivity index (χ4v) is 1.85. The summed E-state index contributed by atoms with van der Waals surface area (Å²) in [5.41, 5.74) is 1.76.